The average molecular weight is 400 g/mol. The highest BCUT2D eigenvalue weighted by molar-refractivity contribution is 9.10. The topological polar surface area (TPSA) is 38.8 Å². The fourth-order valence-electron chi connectivity index (χ4n) is 3.58. The summed E-state index contributed by atoms with van der Waals surface area (Å²) < 4.78 is 25.3. The minimum absolute atomic E-state index is 0.0403. The van der Waals surface area contributed by atoms with Crippen LogP contribution < -0.4 is 4.74 Å². The van der Waals surface area contributed by atoms with Gasteiger partial charge in [-0.1, -0.05) is 0 Å². The van der Waals surface area contributed by atoms with Crippen molar-refractivity contribution in [3.8, 4) is 5.75 Å². The molecule has 2 bridgehead atoms. The first-order valence-corrected chi connectivity index (χ1v) is 9.15. The van der Waals surface area contributed by atoms with Gasteiger partial charge < -0.3 is 14.4 Å². The third-order valence-electron chi connectivity index (χ3n) is 4.49. The molecule has 2 fully saturated rings. The molecule has 132 valence electrons. The molecule has 0 spiro atoms. The Bertz CT molecular complexity index is 617. The van der Waals surface area contributed by atoms with Gasteiger partial charge in [0.05, 0.1) is 4.47 Å². The van der Waals surface area contributed by atoms with Crippen molar-refractivity contribution < 1.29 is 18.7 Å². The Morgan fingerprint density at radius 2 is 1.88 bits per heavy atom. The molecule has 3 rings (SSSR count). The third kappa shape index (κ3) is 3.85. The molecular formula is C18H23BrFNO3. The van der Waals surface area contributed by atoms with Gasteiger partial charge in [-0.25, -0.2) is 9.18 Å². The van der Waals surface area contributed by atoms with E-state index < -0.39 is 5.60 Å². The van der Waals surface area contributed by atoms with Crippen LogP contribution in [-0.4, -0.2) is 34.8 Å². The number of benzene rings is 1. The summed E-state index contributed by atoms with van der Waals surface area (Å²) in [7, 11) is 0. The van der Waals surface area contributed by atoms with Crippen molar-refractivity contribution in [2.45, 2.75) is 70.2 Å². The number of rotatable bonds is 2. The van der Waals surface area contributed by atoms with Crippen LogP contribution in [0.1, 0.15) is 46.5 Å². The van der Waals surface area contributed by atoms with E-state index in [0.717, 1.165) is 25.7 Å². The number of amides is 1. The highest BCUT2D eigenvalue weighted by Crippen LogP contribution is 2.38. The van der Waals surface area contributed by atoms with Crippen LogP contribution in [0.25, 0.3) is 0 Å². The van der Waals surface area contributed by atoms with E-state index in [0.29, 0.717) is 10.2 Å². The second-order valence-electron chi connectivity index (χ2n) is 7.56. The molecule has 0 aromatic heterocycles. The van der Waals surface area contributed by atoms with Crippen molar-refractivity contribution >= 4 is 22.0 Å². The van der Waals surface area contributed by atoms with Gasteiger partial charge in [-0.05, 0) is 67.7 Å². The second kappa shape index (κ2) is 6.54. The fourth-order valence-corrected chi connectivity index (χ4v) is 3.94. The van der Waals surface area contributed by atoms with Gasteiger partial charge in [0.2, 0.25) is 0 Å². The Morgan fingerprint density at radius 1 is 1.25 bits per heavy atom. The molecule has 1 amide bonds. The molecule has 2 aliphatic rings. The highest BCUT2D eigenvalue weighted by atomic mass is 79.9. The van der Waals surface area contributed by atoms with Crippen molar-refractivity contribution in [2.24, 2.45) is 0 Å². The first-order chi connectivity index (χ1) is 11.2. The van der Waals surface area contributed by atoms with Crippen molar-refractivity contribution in [3.63, 3.8) is 0 Å². The van der Waals surface area contributed by atoms with Crippen LogP contribution in [0.5, 0.6) is 5.75 Å². The quantitative estimate of drug-likeness (QED) is 0.709. The van der Waals surface area contributed by atoms with Gasteiger partial charge in [0.25, 0.3) is 0 Å². The Balaban J connectivity index is 1.64. The SMILES string of the molecule is CC(C)(C)OC(=O)N1[C@@H]2CC[C@H]1CC(Oc1ccc(F)c(Br)c1)C2. The van der Waals surface area contributed by atoms with Crippen LogP contribution >= 0.6 is 15.9 Å². The molecule has 1 unspecified atom stereocenters. The molecule has 1 aromatic rings. The largest absolute Gasteiger partial charge is 0.490 e. The van der Waals surface area contributed by atoms with Crippen LogP contribution in [0.15, 0.2) is 22.7 Å². The molecule has 24 heavy (non-hydrogen) atoms. The molecule has 4 nitrogen and oxygen atoms in total. The molecular weight excluding hydrogens is 377 g/mol. The summed E-state index contributed by atoms with van der Waals surface area (Å²) in [6.45, 7) is 5.65. The Morgan fingerprint density at radius 3 is 2.42 bits per heavy atom. The normalized spacial score (nSPS) is 26.4. The maximum Gasteiger partial charge on any atom is 0.410 e. The van der Waals surface area contributed by atoms with Gasteiger partial charge in [0, 0.05) is 24.9 Å². The molecule has 2 aliphatic heterocycles. The third-order valence-corrected chi connectivity index (χ3v) is 5.10. The van der Waals surface area contributed by atoms with Gasteiger partial charge in [-0.2, -0.15) is 0 Å². The van der Waals surface area contributed by atoms with E-state index in [4.69, 9.17) is 9.47 Å². The minimum Gasteiger partial charge on any atom is -0.490 e. The van der Waals surface area contributed by atoms with Gasteiger partial charge in [0.1, 0.15) is 23.3 Å². The molecule has 0 saturated carbocycles. The number of hydrogen-bond acceptors (Lipinski definition) is 3. The smallest absolute Gasteiger partial charge is 0.410 e. The van der Waals surface area contributed by atoms with Crippen molar-refractivity contribution in [1.29, 1.82) is 0 Å². The Hall–Kier alpha value is -1.30. The molecule has 2 saturated heterocycles. The van der Waals surface area contributed by atoms with Gasteiger partial charge in [0.15, 0.2) is 0 Å². The predicted molar refractivity (Wildman–Crippen MR) is 92.6 cm³/mol. The zero-order valence-electron chi connectivity index (χ0n) is 14.2. The van der Waals surface area contributed by atoms with Crippen LogP contribution in [-0.2, 0) is 4.74 Å². The number of carbonyl (C=O) groups is 1. The Kier molecular flexibility index (Phi) is 4.78. The standard InChI is InChI=1S/C18H23BrFNO3/c1-18(2,3)24-17(22)21-11-4-5-12(21)9-14(8-11)23-13-6-7-16(20)15(19)10-13/h6-7,10-12,14H,4-5,8-9H2,1-3H3/t11-,12+,14?. The lowest BCUT2D eigenvalue weighted by atomic mass is 10.00. The maximum absolute atomic E-state index is 13.3. The summed E-state index contributed by atoms with van der Waals surface area (Å²) >= 11 is 3.18. The van der Waals surface area contributed by atoms with Crippen molar-refractivity contribution in [1.82, 2.24) is 4.90 Å². The van der Waals surface area contributed by atoms with E-state index in [1.54, 1.807) is 12.1 Å². The zero-order chi connectivity index (χ0) is 17.5. The molecule has 6 heteroatoms. The van der Waals surface area contributed by atoms with Crippen LogP contribution in [0.2, 0.25) is 0 Å². The van der Waals surface area contributed by atoms with E-state index in [9.17, 15) is 9.18 Å². The van der Waals surface area contributed by atoms with Gasteiger partial charge in [-0.15, -0.1) is 0 Å². The molecule has 3 atom stereocenters. The van der Waals surface area contributed by atoms with E-state index in [-0.39, 0.29) is 30.1 Å². The summed E-state index contributed by atoms with van der Waals surface area (Å²) in [5.74, 6) is 0.348. The number of ether oxygens (including phenoxy) is 2. The van der Waals surface area contributed by atoms with E-state index in [2.05, 4.69) is 15.9 Å². The summed E-state index contributed by atoms with van der Waals surface area (Å²) in [5, 5.41) is 0. The zero-order valence-corrected chi connectivity index (χ0v) is 15.8. The number of halogens is 2. The second-order valence-corrected chi connectivity index (χ2v) is 8.41. The summed E-state index contributed by atoms with van der Waals surface area (Å²) in [5.41, 5.74) is -0.482. The number of carbonyl (C=O) groups excluding carboxylic acids is 1. The lowest BCUT2D eigenvalue weighted by Crippen LogP contribution is -2.50. The first kappa shape index (κ1) is 17.5. The van der Waals surface area contributed by atoms with Crippen LogP contribution in [0.3, 0.4) is 0 Å². The lowest BCUT2D eigenvalue weighted by molar-refractivity contribution is -0.00709. The molecule has 0 N–H and O–H groups in total. The summed E-state index contributed by atoms with van der Waals surface area (Å²) in [4.78, 5) is 14.3. The van der Waals surface area contributed by atoms with Crippen molar-refractivity contribution in [2.75, 3.05) is 0 Å². The molecule has 0 aliphatic carbocycles. The minimum atomic E-state index is -0.482. The first-order valence-electron chi connectivity index (χ1n) is 8.36. The number of piperidine rings is 1. The highest BCUT2D eigenvalue weighted by Gasteiger charge is 2.45. The van der Waals surface area contributed by atoms with Crippen LogP contribution in [0, 0.1) is 5.82 Å². The van der Waals surface area contributed by atoms with Gasteiger partial charge >= 0.3 is 6.09 Å². The molecule has 1 aromatic carbocycles. The number of nitrogens with zero attached hydrogens (tertiary/aromatic N) is 1. The number of fused-ring (bicyclic) bond motifs is 2. The number of hydrogen-bond donors (Lipinski definition) is 0. The van der Waals surface area contributed by atoms with E-state index in [1.165, 1.54) is 6.07 Å². The van der Waals surface area contributed by atoms with Gasteiger partial charge in [-0.3, -0.25) is 0 Å². The van der Waals surface area contributed by atoms with Crippen LogP contribution in [0.4, 0.5) is 9.18 Å². The lowest BCUT2D eigenvalue weighted by Gasteiger charge is -2.39. The maximum atomic E-state index is 13.3. The fraction of sp³-hybridized carbons (Fsp3) is 0.611. The molecule has 2 heterocycles. The predicted octanol–water partition coefficient (Wildman–Crippen LogP) is 4.90. The monoisotopic (exact) mass is 399 g/mol. The van der Waals surface area contributed by atoms with E-state index in [1.807, 2.05) is 25.7 Å². The van der Waals surface area contributed by atoms with Crippen molar-refractivity contribution in [3.05, 3.63) is 28.5 Å². The van der Waals surface area contributed by atoms with E-state index >= 15 is 0 Å². The summed E-state index contributed by atoms with van der Waals surface area (Å²) in [6, 6.07) is 5.00. The molecule has 0 radical (unpaired) electrons. The summed E-state index contributed by atoms with van der Waals surface area (Å²) in [6.07, 6.45) is 3.35. The average Bonchev–Trinajstić information content (AvgIpc) is 2.73. The Labute approximate surface area is 150 Å².